The standard InChI is InChI=1S/C14H19Cl2N3O2/c1-9(2)17-13(20)7-19(3)8-14(21)18-10-4-5-11(15)12(16)6-10/h4-6,9H,7-8H2,1-3H3,(H,17,20)(H,18,21). The minimum absolute atomic E-state index is 0.0796. The van der Waals surface area contributed by atoms with Gasteiger partial charge in [-0.1, -0.05) is 23.2 Å². The molecule has 2 N–H and O–H groups in total. The van der Waals surface area contributed by atoms with E-state index >= 15 is 0 Å². The molecule has 0 spiro atoms. The number of carbonyl (C=O) groups excluding carboxylic acids is 2. The average Bonchev–Trinajstić information content (AvgIpc) is 2.32. The van der Waals surface area contributed by atoms with Crippen LogP contribution in [-0.4, -0.2) is 42.9 Å². The maximum atomic E-state index is 11.9. The lowest BCUT2D eigenvalue weighted by Crippen LogP contribution is -2.41. The monoisotopic (exact) mass is 331 g/mol. The minimum Gasteiger partial charge on any atom is -0.353 e. The predicted octanol–water partition coefficient (Wildman–Crippen LogP) is 2.39. The van der Waals surface area contributed by atoms with E-state index in [0.717, 1.165) is 0 Å². The smallest absolute Gasteiger partial charge is 0.238 e. The molecule has 21 heavy (non-hydrogen) atoms. The molecule has 7 heteroatoms. The summed E-state index contributed by atoms with van der Waals surface area (Å²) in [6.45, 7) is 4.03. The Hall–Kier alpha value is -1.30. The molecule has 2 amide bonds. The molecule has 0 saturated heterocycles. The molecule has 116 valence electrons. The summed E-state index contributed by atoms with van der Waals surface area (Å²) in [5.74, 6) is -0.344. The van der Waals surface area contributed by atoms with Crippen molar-refractivity contribution in [3.63, 3.8) is 0 Å². The van der Waals surface area contributed by atoms with Crippen LogP contribution in [-0.2, 0) is 9.59 Å². The van der Waals surface area contributed by atoms with E-state index in [4.69, 9.17) is 23.2 Å². The van der Waals surface area contributed by atoms with Crippen LogP contribution in [0.25, 0.3) is 0 Å². The lowest BCUT2D eigenvalue weighted by atomic mass is 10.3. The van der Waals surface area contributed by atoms with Gasteiger partial charge in [0.1, 0.15) is 0 Å². The van der Waals surface area contributed by atoms with Gasteiger partial charge in [-0.15, -0.1) is 0 Å². The fourth-order valence-electron chi connectivity index (χ4n) is 1.69. The molecule has 1 rings (SSSR count). The fraction of sp³-hybridized carbons (Fsp3) is 0.429. The zero-order chi connectivity index (χ0) is 16.0. The largest absolute Gasteiger partial charge is 0.353 e. The van der Waals surface area contributed by atoms with Crippen LogP contribution in [0.1, 0.15) is 13.8 Å². The third-order valence-corrected chi connectivity index (χ3v) is 3.22. The maximum absolute atomic E-state index is 11.9. The molecule has 0 atom stereocenters. The number of nitrogens with zero attached hydrogens (tertiary/aromatic N) is 1. The zero-order valence-corrected chi connectivity index (χ0v) is 13.8. The summed E-state index contributed by atoms with van der Waals surface area (Å²) in [4.78, 5) is 25.1. The molecule has 0 saturated carbocycles. The van der Waals surface area contributed by atoms with Crippen LogP contribution in [0.3, 0.4) is 0 Å². The van der Waals surface area contributed by atoms with Gasteiger partial charge in [-0.05, 0) is 39.1 Å². The number of rotatable bonds is 6. The molecule has 1 aromatic carbocycles. The van der Waals surface area contributed by atoms with Crippen molar-refractivity contribution >= 4 is 40.7 Å². The molecule has 0 aromatic heterocycles. The second kappa shape index (κ2) is 8.22. The SMILES string of the molecule is CC(C)NC(=O)CN(C)CC(=O)Nc1ccc(Cl)c(Cl)c1. The average molecular weight is 332 g/mol. The Morgan fingerprint density at radius 1 is 1.14 bits per heavy atom. The molecule has 0 aliphatic rings. The Balaban J connectivity index is 2.45. The van der Waals surface area contributed by atoms with E-state index in [-0.39, 0.29) is 30.9 Å². The molecule has 0 aliphatic carbocycles. The van der Waals surface area contributed by atoms with E-state index in [9.17, 15) is 9.59 Å². The van der Waals surface area contributed by atoms with Crippen molar-refractivity contribution in [3.05, 3.63) is 28.2 Å². The number of likely N-dealkylation sites (N-methyl/N-ethyl adjacent to an activating group) is 1. The maximum Gasteiger partial charge on any atom is 0.238 e. The highest BCUT2D eigenvalue weighted by Gasteiger charge is 2.12. The number of halogens is 2. The van der Waals surface area contributed by atoms with Crippen molar-refractivity contribution < 1.29 is 9.59 Å². The molecule has 0 aliphatic heterocycles. The third kappa shape index (κ3) is 6.80. The molecular formula is C14H19Cl2N3O2. The molecule has 0 fully saturated rings. The molecular weight excluding hydrogens is 313 g/mol. The summed E-state index contributed by atoms with van der Waals surface area (Å²) in [5, 5.41) is 6.27. The van der Waals surface area contributed by atoms with Crippen molar-refractivity contribution in [2.24, 2.45) is 0 Å². The van der Waals surface area contributed by atoms with E-state index in [1.54, 1.807) is 30.1 Å². The van der Waals surface area contributed by atoms with E-state index in [1.165, 1.54) is 0 Å². The fourth-order valence-corrected chi connectivity index (χ4v) is 1.99. The summed E-state index contributed by atoms with van der Waals surface area (Å²) in [6, 6.07) is 4.93. The van der Waals surface area contributed by atoms with Gasteiger partial charge in [0.15, 0.2) is 0 Å². The number of hydrogen-bond acceptors (Lipinski definition) is 3. The number of amides is 2. The first-order valence-electron chi connectivity index (χ1n) is 6.50. The quantitative estimate of drug-likeness (QED) is 0.841. The Bertz CT molecular complexity index is 521. The van der Waals surface area contributed by atoms with Gasteiger partial charge in [0, 0.05) is 11.7 Å². The van der Waals surface area contributed by atoms with Crippen molar-refractivity contribution in [2.45, 2.75) is 19.9 Å². The minimum atomic E-state index is -0.228. The molecule has 0 unspecified atom stereocenters. The van der Waals surface area contributed by atoms with Crippen LogP contribution in [0.15, 0.2) is 18.2 Å². The van der Waals surface area contributed by atoms with Crippen LogP contribution in [0.5, 0.6) is 0 Å². The van der Waals surface area contributed by atoms with Gasteiger partial charge < -0.3 is 10.6 Å². The van der Waals surface area contributed by atoms with E-state index in [1.807, 2.05) is 13.8 Å². The first-order valence-corrected chi connectivity index (χ1v) is 7.26. The van der Waals surface area contributed by atoms with E-state index in [0.29, 0.717) is 15.7 Å². The van der Waals surface area contributed by atoms with Crippen LogP contribution < -0.4 is 10.6 Å². The molecule has 0 heterocycles. The van der Waals surface area contributed by atoms with Gasteiger partial charge in [-0.3, -0.25) is 14.5 Å². The lowest BCUT2D eigenvalue weighted by Gasteiger charge is -2.17. The normalized spacial score (nSPS) is 10.8. The molecule has 5 nitrogen and oxygen atoms in total. The predicted molar refractivity (Wildman–Crippen MR) is 85.9 cm³/mol. The van der Waals surface area contributed by atoms with Crippen molar-refractivity contribution in [3.8, 4) is 0 Å². The summed E-state index contributed by atoms with van der Waals surface area (Å²) in [5.41, 5.74) is 0.564. The van der Waals surface area contributed by atoms with Crippen LogP contribution in [0.4, 0.5) is 5.69 Å². The topological polar surface area (TPSA) is 61.4 Å². The van der Waals surface area contributed by atoms with Crippen LogP contribution in [0, 0.1) is 0 Å². The first kappa shape index (κ1) is 17.8. The first-order chi connectivity index (χ1) is 9.77. The molecule has 1 aromatic rings. The molecule has 0 bridgehead atoms. The van der Waals surface area contributed by atoms with Gasteiger partial charge in [0.25, 0.3) is 0 Å². The highest BCUT2D eigenvalue weighted by atomic mass is 35.5. The Labute approximate surface area is 134 Å². The number of carbonyl (C=O) groups is 2. The zero-order valence-electron chi connectivity index (χ0n) is 12.2. The molecule has 0 radical (unpaired) electrons. The van der Waals surface area contributed by atoms with Gasteiger partial charge in [-0.2, -0.15) is 0 Å². The number of benzene rings is 1. The summed E-state index contributed by atoms with van der Waals surface area (Å²) >= 11 is 11.7. The third-order valence-electron chi connectivity index (χ3n) is 2.48. The van der Waals surface area contributed by atoms with Crippen molar-refractivity contribution in [1.29, 1.82) is 0 Å². The van der Waals surface area contributed by atoms with E-state index in [2.05, 4.69) is 10.6 Å². The van der Waals surface area contributed by atoms with Gasteiger partial charge in [0.05, 0.1) is 23.1 Å². The van der Waals surface area contributed by atoms with Gasteiger partial charge >= 0.3 is 0 Å². The second-order valence-corrected chi connectivity index (χ2v) is 5.89. The highest BCUT2D eigenvalue weighted by Crippen LogP contribution is 2.24. The summed E-state index contributed by atoms with van der Waals surface area (Å²) < 4.78 is 0. The number of hydrogen-bond donors (Lipinski definition) is 2. The van der Waals surface area contributed by atoms with Crippen molar-refractivity contribution in [1.82, 2.24) is 10.2 Å². The lowest BCUT2D eigenvalue weighted by molar-refractivity contribution is -0.123. The number of nitrogens with one attached hydrogen (secondary N) is 2. The van der Waals surface area contributed by atoms with E-state index < -0.39 is 0 Å². The van der Waals surface area contributed by atoms with Gasteiger partial charge in [0.2, 0.25) is 11.8 Å². The number of anilines is 1. The Morgan fingerprint density at radius 2 is 1.76 bits per heavy atom. The van der Waals surface area contributed by atoms with Crippen LogP contribution >= 0.6 is 23.2 Å². The second-order valence-electron chi connectivity index (χ2n) is 5.07. The summed E-state index contributed by atoms with van der Waals surface area (Å²) in [6.07, 6.45) is 0. The highest BCUT2D eigenvalue weighted by molar-refractivity contribution is 6.42. The Morgan fingerprint density at radius 3 is 2.33 bits per heavy atom. The van der Waals surface area contributed by atoms with Gasteiger partial charge in [-0.25, -0.2) is 0 Å². The van der Waals surface area contributed by atoms with Crippen molar-refractivity contribution in [2.75, 3.05) is 25.5 Å². The van der Waals surface area contributed by atoms with Crippen LogP contribution in [0.2, 0.25) is 10.0 Å². The summed E-state index contributed by atoms with van der Waals surface area (Å²) in [7, 11) is 1.70. The Kier molecular flexibility index (Phi) is 6.95.